The van der Waals surface area contributed by atoms with Crippen molar-refractivity contribution in [2.75, 3.05) is 0 Å². The number of hydrogen-bond donors (Lipinski definition) is 0. The van der Waals surface area contributed by atoms with Crippen LogP contribution >= 0.6 is 63.7 Å². The molecule has 7 nitrogen and oxygen atoms in total. The average Bonchev–Trinajstić information content (AvgIpc) is 2.75. The summed E-state index contributed by atoms with van der Waals surface area (Å²) in [5.41, 5.74) is -0.0525. The van der Waals surface area contributed by atoms with Crippen molar-refractivity contribution < 1.29 is 29.4 Å². The summed E-state index contributed by atoms with van der Waals surface area (Å²) in [4.78, 5) is 47.6. The third kappa shape index (κ3) is 3.18. The lowest BCUT2D eigenvalue weighted by Gasteiger charge is -2.27. The number of fused-ring (bicyclic) bond motifs is 1. The van der Waals surface area contributed by atoms with E-state index in [2.05, 4.69) is 63.7 Å². The topological polar surface area (TPSA) is 118 Å². The van der Waals surface area contributed by atoms with Crippen molar-refractivity contribution in [1.82, 2.24) is 4.90 Å². The van der Waals surface area contributed by atoms with E-state index in [9.17, 15) is 29.4 Å². The molecule has 0 N–H and O–H groups in total. The van der Waals surface area contributed by atoms with Gasteiger partial charge in [-0.05, 0) is 76.6 Å². The van der Waals surface area contributed by atoms with Gasteiger partial charge in [0.25, 0.3) is 11.8 Å². The number of halogens is 4. The van der Waals surface area contributed by atoms with E-state index in [0.717, 1.165) is 0 Å². The van der Waals surface area contributed by atoms with Crippen LogP contribution in [0.3, 0.4) is 0 Å². The number of hydrogen-bond acceptors (Lipinski definition) is 6. The van der Waals surface area contributed by atoms with Crippen molar-refractivity contribution in [3.8, 4) is 0 Å². The molecule has 0 spiro atoms. The van der Waals surface area contributed by atoms with E-state index in [1.165, 1.54) is 0 Å². The summed E-state index contributed by atoms with van der Waals surface area (Å²) < 4.78 is 1.45. The van der Waals surface area contributed by atoms with Gasteiger partial charge >= 0.3 is 0 Å². The summed E-state index contributed by atoms with van der Waals surface area (Å²) in [5.74, 6) is -4.94. The molecule has 24 heavy (non-hydrogen) atoms. The third-order valence-corrected chi connectivity index (χ3v) is 8.11. The molecule has 0 radical (unpaired) electrons. The molecule has 0 aromatic heterocycles. The zero-order valence-electron chi connectivity index (χ0n) is 11.4. The number of amides is 2. The first-order valence-corrected chi connectivity index (χ1v) is 9.41. The summed E-state index contributed by atoms with van der Waals surface area (Å²) >= 11 is 12.9. The molecule has 1 atom stereocenters. The van der Waals surface area contributed by atoms with E-state index < -0.39 is 42.6 Å². The first-order valence-electron chi connectivity index (χ1n) is 6.24. The van der Waals surface area contributed by atoms with Crippen LogP contribution in [0.25, 0.3) is 0 Å². The lowest BCUT2D eigenvalue weighted by Crippen LogP contribution is -2.51. The first-order chi connectivity index (χ1) is 11.1. The van der Waals surface area contributed by atoms with Crippen LogP contribution in [0, 0.1) is 0 Å². The van der Waals surface area contributed by atoms with Crippen LogP contribution in [0.5, 0.6) is 0 Å². The van der Waals surface area contributed by atoms with Gasteiger partial charge < -0.3 is 19.8 Å². The number of aliphatic carboxylic acids is 2. The highest BCUT2D eigenvalue weighted by Gasteiger charge is 2.44. The van der Waals surface area contributed by atoms with Crippen LogP contribution in [0.4, 0.5) is 0 Å². The lowest BCUT2D eigenvalue weighted by molar-refractivity contribution is -0.311. The number of imide groups is 1. The van der Waals surface area contributed by atoms with Crippen molar-refractivity contribution in [1.29, 1.82) is 0 Å². The zero-order valence-corrected chi connectivity index (χ0v) is 17.7. The monoisotopic (exact) mass is 587 g/mol. The molecule has 1 aromatic rings. The molecule has 128 valence electrons. The van der Waals surface area contributed by atoms with E-state index in [1.807, 2.05) is 0 Å². The van der Waals surface area contributed by atoms with E-state index in [4.69, 9.17) is 0 Å². The molecule has 0 fully saturated rings. The molecule has 11 heteroatoms. The highest BCUT2D eigenvalue weighted by molar-refractivity contribution is 9.15. The van der Waals surface area contributed by atoms with Gasteiger partial charge in [0.15, 0.2) is 0 Å². The van der Waals surface area contributed by atoms with Crippen molar-refractivity contribution in [2.24, 2.45) is 0 Å². The largest absolute Gasteiger partial charge is 0.550 e. The van der Waals surface area contributed by atoms with E-state index in [1.54, 1.807) is 0 Å². The van der Waals surface area contributed by atoms with Gasteiger partial charge in [-0.25, -0.2) is 0 Å². The number of carboxylic acids is 2. The Hall–Kier alpha value is -0.780. The van der Waals surface area contributed by atoms with Gasteiger partial charge in [0.1, 0.15) is 0 Å². The minimum Gasteiger partial charge on any atom is -0.550 e. The van der Waals surface area contributed by atoms with Crippen LogP contribution in [0.15, 0.2) is 17.9 Å². The van der Waals surface area contributed by atoms with Crippen molar-refractivity contribution >= 4 is 87.5 Å². The first kappa shape index (κ1) is 19.5. The number of nitrogens with zero attached hydrogens (tertiary/aromatic N) is 1. The highest BCUT2D eigenvalue weighted by atomic mass is 79.9. The summed E-state index contributed by atoms with van der Waals surface area (Å²) in [7, 11) is 0. The van der Waals surface area contributed by atoms with Crippen LogP contribution in [-0.2, 0) is 9.59 Å². The Balaban J connectivity index is 2.57. The van der Waals surface area contributed by atoms with Crippen LogP contribution in [0.1, 0.15) is 33.6 Å². The molecular formula is C13H5Br4NO6-2. The fourth-order valence-corrected chi connectivity index (χ4v) is 4.71. The van der Waals surface area contributed by atoms with Gasteiger partial charge in [-0.15, -0.1) is 0 Å². The molecule has 1 heterocycles. The Bertz CT molecular complexity index is 746. The summed E-state index contributed by atoms with van der Waals surface area (Å²) in [6.07, 6.45) is -1.14. The molecule has 2 amide bonds. The molecule has 1 aliphatic rings. The number of rotatable bonds is 5. The van der Waals surface area contributed by atoms with Crippen molar-refractivity contribution in [3.63, 3.8) is 0 Å². The Morgan fingerprint density at radius 3 is 1.62 bits per heavy atom. The zero-order chi connectivity index (χ0) is 18.3. The Morgan fingerprint density at radius 2 is 1.29 bits per heavy atom. The molecule has 0 saturated heterocycles. The third-order valence-electron chi connectivity index (χ3n) is 3.34. The van der Waals surface area contributed by atoms with Crippen LogP contribution < -0.4 is 10.2 Å². The molecule has 0 unspecified atom stereocenters. The number of benzene rings is 1. The minimum atomic E-state index is -1.73. The fourth-order valence-electron chi connectivity index (χ4n) is 2.26. The molecular weight excluding hydrogens is 586 g/mol. The Labute approximate surface area is 168 Å². The molecule has 1 aromatic carbocycles. The molecule has 0 bridgehead atoms. The van der Waals surface area contributed by atoms with Crippen LogP contribution in [0.2, 0.25) is 0 Å². The van der Waals surface area contributed by atoms with Crippen molar-refractivity contribution in [2.45, 2.75) is 18.9 Å². The van der Waals surface area contributed by atoms with Gasteiger partial charge in [0, 0.05) is 23.9 Å². The second-order valence-electron chi connectivity index (χ2n) is 4.73. The van der Waals surface area contributed by atoms with E-state index in [0.29, 0.717) is 13.8 Å². The van der Waals surface area contributed by atoms with Gasteiger partial charge in [-0.3, -0.25) is 14.5 Å². The Kier molecular flexibility index (Phi) is 5.88. The maximum atomic E-state index is 12.6. The molecule has 0 saturated carbocycles. The lowest BCUT2D eigenvalue weighted by atomic mass is 10.1. The molecule has 2 rings (SSSR count). The minimum absolute atomic E-state index is 0.0262. The second kappa shape index (κ2) is 7.22. The van der Waals surface area contributed by atoms with Crippen LogP contribution in [-0.4, -0.2) is 34.7 Å². The molecule has 1 aliphatic heterocycles. The quantitative estimate of drug-likeness (QED) is 0.287. The summed E-state index contributed by atoms with van der Waals surface area (Å²) in [6, 6.07) is -1.72. The highest BCUT2D eigenvalue weighted by Crippen LogP contribution is 2.45. The van der Waals surface area contributed by atoms with Gasteiger partial charge in [-0.2, -0.15) is 0 Å². The number of carbonyl (C=O) groups excluding carboxylic acids is 4. The fraction of sp³-hybridized carbons (Fsp3) is 0.231. The van der Waals surface area contributed by atoms with Gasteiger partial charge in [0.05, 0.1) is 23.1 Å². The standard InChI is InChI=1S/C13H7Br4NO6/c14-7-5-6(8(15)10(17)9(7)16)12(22)18(11(5)21)3(13(23)24)1-2-4(19)20/h3H,1-2H2,(H,19,20)(H,23,24)/p-2/t3-/m1/s1. The molecule has 0 aliphatic carbocycles. The Morgan fingerprint density at radius 1 is 0.875 bits per heavy atom. The maximum absolute atomic E-state index is 12.6. The second-order valence-corrected chi connectivity index (χ2v) is 7.90. The predicted octanol–water partition coefficient (Wildman–Crippen LogP) is 0.981. The van der Waals surface area contributed by atoms with Crippen molar-refractivity contribution in [3.05, 3.63) is 29.0 Å². The summed E-state index contributed by atoms with van der Waals surface area (Å²) in [5, 5.41) is 21.9. The van der Waals surface area contributed by atoms with E-state index >= 15 is 0 Å². The SMILES string of the molecule is O=C([O-])CC[C@H](C(=O)[O-])N1C(=O)c2c(Br)c(Br)c(Br)c(Br)c2C1=O. The summed E-state index contributed by atoms with van der Waals surface area (Å²) in [6.45, 7) is 0. The van der Waals surface area contributed by atoms with Gasteiger partial charge in [-0.1, -0.05) is 0 Å². The van der Waals surface area contributed by atoms with E-state index in [-0.39, 0.29) is 20.1 Å². The smallest absolute Gasteiger partial charge is 0.263 e. The van der Waals surface area contributed by atoms with Gasteiger partial charge in [0.2, 0.25) is 0 Å². The predicted molar refractivity (Wildman–Crippen MR) is 90.8 cm³/mol. The average molecular weight is 591 g/mol. The normalized spacial score (nSPS) is 14.8. The number of carboxylic acid groups (broad SMARTS) is 2. The number of carbonyl (C=O) groups is 4. The maximum Gasteiger partial charge on any atom is 0.263 e.